The summed E-state index contributed by atoms with van der Waals surface area (Å²) in [6.07, 6.45) is 3.03. The minimum absolute atomic E-state index is 0.546. The maximum Gasteiger partial charge on any atom is 0.0791 e. The summed E-state index contributed by atoms with van der Waals surface area (Å²) in [5.74, 6) is 0. The number of rotatable bonds is 2. The Morgan fingerprint density at radius 3 is 2.80 bits per heavy atom. The minimum Gasteiger partial charge on any atom is -0.325 e. The molecule has 3 heteroatoms. The third kappa shape index (κ3) is 1.19. The fourth-order valence-electron chi connectivity index (χ4n) is 1.05. The first-order valence-corrected chi connectivity index (χ1v) is 3.49. The Labute approximate surface area is 60.8 Å². The largest absolute Gasteiger partial charge is 0.325 e. The topological polar surface area (TPSA) is 43.8 Å². The number of hydrogen-bond acceptors (Lipinski definition) is 2. The number of nitrogens with zero attached hydrogens (tertiary/aromatic N) is 2. The van der Waals surface area contributed by atoms with Crippen molar-refractivity contribution >= 4 is 0 Å². The van der Waals surface area contributed by atoms with Crippen molar-refractivity contribution < 1.29 is 0 Å². The van der Waals surface area contributed by atoms with E-state index in [4.69, 9.17) is 5.73 Å². The van der Waals surface area contributed by atoms with Crippen LogP contribution < -0.4 is 5.73 Å². The van der Waals surface area contributed by atoms with E-state index in [1.165, 1.54) is 5.56 Å². The van der Waals surface area contributed by atoms with E-state index in [2.05, 4.69) is 12.0 Å². The van der Waals surface area contributed by atoms with E-state index in [9.17, 15) is 0 Å². The van der Waals surface area contributed by atoms with Gasteiger partial charge in [-0.15, -0.1) is 0 Å². The Morgan fingerprint density at radius 2 is 2.40 bits per heavy atom. The van der Waals surface area contributed by atoms with Gasteiger partial charge < -0.3 is 5.73 Å². The first-order chi connectivity index (χ1) is 4.77. The number of nitrogens with two attached hydrogens (primary N) is 1. The summed E-state index contributed by atoms with van der Waals surface area (Å²) in [5.41, 5.74) is 7.74. The van der Waals surface area contributed by atoms with E-state index < -0.39 is 0 Å². The summed E-state index contributed by atoms with van der Waals surface area (Å²) in [4.78, 5) is 0. The van der Waals surface area contributed by atoms with Crippen molar-refractivity contribution in [3.05, 3.63) is 17.5 Å². The molecule has 1 aromatic heterocycles. The van der Waals surface area contributed by atoms with Crippen molar-refractivity contribution in [3.8, 4) is 0 Å². The zero-order valence-electron chi connectivity index (χ0n) is 6.46. The molecule has 0 atom stereocenters. The van der Waals surface area contributed by atoms with E-state index in [0.29, 0.717) is 6.54 Å². The standard InChI is InChI=1S/C7H13N3/c1-3-6-5-10(2)9-7(6)4-8/h5H,3-4,8H2,1-2H3. The summed E-state index contributed by atoms with van der Waals surface area (Å²) in [6, 6.07) is 0. The number of hydrogen-bond donors (Lipinski definition) is 1. The van der Waals surface area contributed by atoms with Crippen LogP contribution >= 0.6 is 0 Å². The fraction of sp³-hybridized carbons (Fsp3) is 0.571. The van der Waals surface area contributed by atoms with Crippen molar-refractivity contribution in [2.75, 3.05) is 0 Å². The lowest BCUT2D eigenvalue weighted by atomic mass is 10.2. The van der Waals surface area contributed by atoms with Crippen LogP contribution in [0.3, 0.4) is 0 Å². The SMILES string of the molecule is CCc1cn(C)nc1CN. The van der Waals surface area contributed by atoms with Gasteiger partial charge in [0.2, 0.25) is 0 Å². The Bertz CT molecular complexity index is 193. The van der Waals surface area contributed by atoms with Gasteiger partial charge in [-0.05, 0) is 12.0 Å². The van der Waals surface area contributed by atoms with Crippen LogP contribution in [0.5, 0.6) is 0 Å². The Morgan fingerprint density at radius 1 is 1.70 bits per heavy atom. The van der Waals surface area contributed by atoms with E-state index in [-0.39, 0.29) is 0 Å². The van der Waals surface area contributed by atoms with Gasteiger partial charge in [-0.1, -0.05) is 6.92 Å². The highest BCUT2D eigenvalue weighted by Crippen LogP contribution is 2.04. The molecule has 1 rings (SSSR count). The molecule has 0 aliphatic heterocycles. The van der Waals surface area contributed by atoms with Crippen LogP contribution in [-0.2, 0) is 20.0 Å². The zero-order valence-corrected chi connectivity index (χ0v) is 6.46. The van der Waals surface area contributed by atoms with Gasteiger partial charge in [-0.25, -0.2) is 0 Å². The molecule has 0 unspecified atom stereocenters. The molecule has 1 heterocycles. The molecule has 0 aromatic carbocycles. The van der Waals surface area contributed by atoms with Crippen molar-refractivity contribution in [1.82, 2.24) is 9.78 Å². The highest BCUT2D eigenvalue weighted by atomic mass is 15.3. The summed E-state index contributed by atoms with van der Waals surface area (Å²) in [6.45, 7) is 2.65. The van der Waals surface area contributed by atoms with Crippen molar-refractivity contribution in [2.45, 2.75) is 19.9 Å². The quantitative estimate of drug-likeness (QED) is 0.646. The molecule has 0 fully saturated rings. The van der Waals surface area contributed by atoms with Gasteiger partial charge in [0, 0.05) is 19.8 Å². The third-order valence-corrected chi connectivity index (χ3v) is 1.57. The Kier molecular flexibility index (Phi) is 2.06. The lowest BCUT2D eigenvalue weighted by molar-refractivity contribution is 0.742. The molecule has 0 amide bonds. The molecule has 0 saturated heterocycles. The lowest BCUT2D eigenvalue weighted by Crippen LogP contribution is -2.00. The first kappa shape index (κ1) is 7.28. The molecule has 0 saturated carbocycles. The summed E-state index contributed by atoms with van der Waals surface area (Å²) < 4.78 is 1.81. The second-order valence-corrected chi connectivity index (χ2v) is 2.33. The second-order valence-electron chi connectivity index (χ2n) is 2.33. The average molecular weight is 139 g/mol. The van der Waals surface area contributed by atoms with E-state index in [1.807, 2.05) is 13.2 Å². The molecule has 0 radical (unpaired) electrons. The molecule has 56 valence electrons. The molecule has 1 aromatic rings. The smallest absolute Gasteiger partial charge is 0.0791 e. The molecule has 10 heavy (non-hydrogen) atoms. The molecule has 0 bridgehead atoms. The van der Waals surface area contributed by atoms with Crippen LogP contribution in [-0.4, -0.2) is 9.78 Å². The predicted octanol–water partition coefficient (Wildman–Crippen LogP) is 0.441. The number of aromatic nitrogens is 2. The fourth-order valence-corrected chi connectivity index (χ4v) is 1.05. The maximum absolute atomic E-state index is 5.46. The molecule has 0 aliphatic rings. The summed E-state index contributed by atoms with van der Waals surface area (Å²) >= 11 is 0. The third-order valence-electron chi connectivity index (χ3n) is 1.57. The minimum atomic E-state index is 0.546. The monoisotopic (exact) mass is 139 g/mol. The van der Waals surface area contributed by atoms with Gasteiger partial charge in [-0.3, -0.25) is 4.68 Å². The van der Waals surface area contributed by atoms with Gasteiger partial charge in [0.15, 0.2) is 0 Å². The van der Waals surface area contributed by atoms with E-state index in [1.54, 1.807) is 4.68 Å². The predicted molar refractivity (Wildman–Crippen MR) is 40.5 cm³/mol. The molecule has 0 aliphatic carbocycles. The molecule has 0 spiro atoms. The van der Waals surface area contributed by atoms with E-state index >= 15 is 0 Å². The highest BCUT2D eigenvalue weighted by Gasteiger charge is 2.01. The zero-order chi connectivity index (χ0) is 7.56. The van der Waals surface area contributed by atoms with Gasteiger partial charge in [0.05, 0.1) is 5.69 Å². The van der Waals surface area contributed by atoms with Crippen LogP contribution in [0.25, 0.3) is 0 Å². The second kappa shape index (κ2) is 2.84. The summed E-state index contributed by atoms with van der Waals surface area (Å²) in [5, 5.41) is 4.19. The first-order valence-electron chi connectivity index (χ1n) is 3.49. The maximum atomic E-state index is 5.46. The van der Waals surface area contributed by atoms with Crippen LogP contribution in [0, 0.1) is 0 Å². The average Bonchev–Trinajstić information content (AvgIpc) is 2.30. The molecular weight excluding hydrogens is 126 g/mol. The normalized spacial score (nSPS) is 10.3. The lowest BCUT2D eigenvalue weighted by Gasteiger charge is -1.90. The Hall–Kier alpha value is -0.830. The van der Waals surface area contributed by atoms with Gasteiger partial charge in [-0.2, -0.15) is 5.10 Å². The van der Waals surface area contributed by atoms with Crippen molar-refractivity contribution in [2.24, 2.45) is 12.8 Å². The molecular formula is C7H13N3. The van der Waals surface area contributed by atoms with Crippen molar-refractivity contribution in [3.63, 3.8) is 0 Å². The van der Waals surface area contributed by atoms with Gasteiger partial charge >= 0.3 is 0 Å². The molecule has 2 N–H and O–H groups in total. The van der Waals surface area contributed by atoms with Crippen molar-refractivity contribution in [1.29, 1.82) is 0 Å². The van der Waals surface area contributed by atoms with E-state index in [0.717, 1.165) is 12.1 Å². The van der Waals surface area contributed by atoms with Crippen LogP contribution in [0.2, 0.25) is 0 Å². The van der Waals surface area contributed by atoms with Crippen LogP contribution in [0.1, 0.15) is 18.2 Å². The number of aryl methyl sites for hydroxylation is 2. The Balaban J connectivity index is 2.96. The van der Waals surface area contributed by atoms with Gasteiger partial charge in [0.25, 0.3) is 0 Å². The van der Waals surface area contributed by atoms with Crippen LogP contribution in [0.15, 0.2) is 6.20 Å². The molecule has 3 nitrogen and oxygen atoms in total. The van der Waals surface area contributed by atoms with Crippen LogP contribution in [0.4, 0.5) is 0 Å². The summed E-state index contributed by atoms with van der Waals surface area (Å²) in [7, 11) is 1.92. The highest BCUT2D eigenvalue weighted by molar-refractivity contribution is 5.16. The van der Waals surface area contributed by atoms with Gasteiger partial charge in [0.1, 0.15) is 0 Å².